The fraction of sp³-hybridized carbons (Fsp3) is 0.559. The fourth-order valence-electron chi connectivity index (χ4n) is 9.65. The normalized spacial score (nSPS) is 26.3. The van der Waals surface area contributed by atoms with Crippen LogP contribution in [0.4, 0.5) is 8.78 Å². The Morgan fingerprint density at radius 3 is 1.92 bits per heavy atom. The zero-order valence-electron chi connectivity index (χ0n) is 30.9. The van der Waals surface area contributed by atoms with Crippen molar-refractivity contribution in [3.63, 3.8) is 0 Å². The molecule has 0 spiro atoms. The number of alkyl halides is 2. The van der Waals surface area contributed by atoms with Crippen LogP contribution in [-0.2, 0) is 68.0 Å². The molecule has 4 saturated carbocycles. The van der Waals surface area contributed by atoms with Crippen LogP contribution in [0.2, 0.25) is 0 Å². The highest BCUT2D eigenvalue weighted by Gasteiger charge is 2.70. The second-order valence-corrected chi connectivity index (χ2v) is 16.0. The van der Waals surface area contributed by atoms with Gasteiger partial charge < -0.3 is 18.8 Å². The predicted octanol–water partition coefficient (Wildman–Crippen LogP) is -0.293. The van der Waals surface area contributed by atoms with Gasteiger partial charge in [0.2, 0.25) is 11.1 Å². The molecule has 17 heteroatoms. The Balaban J connectivity index is 1.58. The molecule has 0 radical (unpaired) electrons. The van der Waals surface area contributed by atoms with E-state index in [1.165, 1.54) is 0 Å². The van der Waals surface area contributed by atoms with Crippen molar-refractivity contribution in [3.8, 4) is 0 Å². The number of esters is 3. The van der Waals surface area contributed by atoms with Gasteiger partial charge in [-0.15, -0.1) is 0 Å². The minimum absolute atomic E-state index is 0.00216. The van der Waals surface area contributed by atoms with Gasteiger partial charge in [0.25, 0.3) is 0 Å². The summed E-state index contributed by atoms with van der Waals surface area (Å²) in [5.41, 5.74) is 2.79. The summed E-state index contributed by atoms with van der Waals surface area (Å²) >= 11 is -3.58. The van der Waals surface area contributed by atoms with Crippen LogP contribution < -0.4 is 0 Å². The highest BCUT2D eigenvalue weighted by molar-refractivity contribution is 7.80. The number of carbonyl (C=O) groups excluding carboxylic acids is 3. The number of benzene rings is 2. The van der Waals surface area contributed by atoms with Crippen LogP contribution in [0.5, 0.6) is 0 Å². The van der Waals surface area contributed by atoms with Crippen molar-refractivity contribution in [3.05, 3.63) is 68.8 Å². The SMILES string of the molecule is BCc1cc(CB)c(CB)c(C(=O)OC23CC4CC(OC(=O)c5c(CB)ccc(CB)c5CB)(C2)CC(C(=O)OC(C)C(F)(F)S(=O)O)(C4)C3)c1. The topological polar surface area (TPSA) is 116 Å². The molecule has 1 N–H and O–H groups in total. The Morgan fingerprint density at radius 1 is 0.824 bits per heavy atom. The summed E-state index contributed by atoms with van der Waals surface area (Å²) in [5, 5.41) is -4.21. The highest BCUT2D eigenvalue weighted by atomic mass is 32.2. The van der Waals surface area contributed by atoms with Gasteiger partial charge in [-0.3, -0.25) is 4.79 Å². The monoisotopic (exact) mass is 718 g/mol. The van der Waals surface area contributed by atoms with E-state index in [1.807, 2.05) is 65.3 Å². The molecule has 0 heterocycles. The van der Waals surface area contributed by atoms with Crippen LogP contribution in [0.15, 0.2) is 24.3 Å². The molecule has 0 aliphatic heterocycles. The van der Waals surface area contributed by atoms with Gasteiger partial charge in [0.1, 0.15) is 58.3 Å². The zero-order chi connectivity index (χ0) is 37.5. The van der Waals surface area contributed by atoms with Crippen molar-refractivity contribution < 1.29 is 46.1 Å². The second-order valence-electron chi connectivity index (χ2n) is 14.9. The summed E-state index contributed by atoms with van der Waals surface area (Å²) in [7, 11) is 12.0. The van der Waals surface area contributed by atoms with Crippen molar-refractivity contribution in [2.45, 2.75) is 106 Å². The lowest BCUT2D eigenvalue weighted by Gasteiger charge is -2.63. The highest BCUT2D eigenvalue weighted by Crippen LogP contribution is 2.66. The Morgan fingerprint density at radius 2 is 1.39 bits per heavy atom. The molecule has 51 heavy (non-hydrogen) atoms. The fourth-order valence-corrected chi connectivity index (χ4v) is 9.99. The Hall–Kier alpha value is -2.79. The molecule has 4 aliphatic carbocycles. The molecular formula is C34H46B6F2O8S. The third kappa shape index (κ3) is 7.27. The Kier molecular flexibility index (Phi) is 11.5. The zero-order valence-corrected chi connectivity index (χ0v) is 31.7. The largest absolute Gasteiger partial charge is 0.455 e. The first-order valence-corrected chi connectivity index (χ1v) is 19.6. The third-order valence-corrected chi connectivity index (χ3v) is 12.4. The lowest BCUT2D eigenvalue weighted by molar-refractivity contribution is -0.241. The molecule has 2 aromatic rings. The molecule has 6 unspecified atom stereocenters. The summed E-state index contributed by atoms with van der Waals surface area (Å²) in [6.45, 7) is 0.885. The first-order chi connectivity index (χ1) is 24.1. The van der Waals surface area contributed by atoms with Gasteiger partial charge in [0.15, 0.2) is 6.10 Å². The van der Waals surface area contributed by atoms with Crippen LogP contribution in [0.3, 0.4) is 0 Å². The van der Waals surface area contributed by atoms with Gasteiger partial charge in [-0.25, -0.2) is 13.8 Å². The lowest BCUT2D eigenvalue weighted by Crippen LogP contribution is -2.67. The van der Waals surface area contributed by atoms with Gasteiger partial charge in [0, 0.05) is 19.3 Å². The van der Waals surface area contributed by atoms with Gasteiger partial charge in [0.05, 0.1) is 16.5 Å². The van der Waals surface area contributed by atoms with Gasteiger partial charge in [-0.2, -0.15) is 8.78 Å². The summed E-state index contributed by atoms with van der Waals surface area (Å²) < 4.78 is 68.3. The first-order valence-electron chi connectivity index (χ1n) is 18.5. The smallest absolute Gasteiger partial charge is 0.380 e. The van der Waals surface area contributed by atoms with E-state index >= 15 is 0 Å². The number of halogens is 2. The van der Waals surface area contributed by atoms with Crippen molar-refractivity contribution in [2.24, 2.45) is 11.3 Å². The molecule has 6 atom stereocenters. The maximum absolute atomic E-state index is 14.6. The second kappa shape index (κ2) is 14.9. The molecule has 4 bridgehead atoms. The molecule has 268 valence electrons. The van der Waals surface area contributed by atoms with E-state index in [9.17, 15) is 31.9 Å². The van der Waals surface area contributed by atoms with Crippen molar-refractivity contribution >= 4 is 76.1 Å². The molecule has 2 aromatic carbocycles. The number of ether oxygens (including phenoxy) is 3. The van der Waals surface area contributed by atoms with Crippen LogP contribution >= 0.6 is 0 Å². The quantitative estimate of drug-likeness (QED) is 0.123. The standard InChI is InChI=1S/C34H46B6F2O8S/c1-18(34(41,42)51(46)47)48-30(45)31-6-20-7-32(15-31,49-28(43)24-5-19(9-35)4-23(12-38)25(24)13-39)17-33(8-20,16-31)50-29(44)27-22(11-37)3-2-21(10-36)26(27)14-40/h2-5,18,20H,6-17,35-40H2,1H3,(H,46,47). The molecular weight excluding hydrogens is 671 g/mol. The van der Waals surface area contributed by atoms with E-state index in [2.05, 4.69) is 6.07 Å². The molecule has 0 amide bonds. The van der Waals surface area contributed by atoms with E-state index in [0.29, 0.717) is 42.9 Å². The van der Waals surface area contributed by atoms with Crippen molar-refractivity contribution in [1.29, 1.82) is 0 Å². The van der Waals surface area contributed by atoms with Crippen LogP contribution in [0.1, 0.15) is 99.5 Å². The Labute approximate surface area is 307 Å². The summed E-state index contributed by atoms with van der Waals surface area (Å²) in [5.74, 6) is -2.26. The van der Waals surface area contributed by atoms with E-state index in [0.717, 1.165) is 59.3 Å². The van der Waals surface area contributed by atoms with E-state index in [-0.39, 0.29) is 31.6 Å². The van der Waals surface area contributed by atoms with Gasteiger partial charge in [-0.1, -0.05) is 72.8 Å². The summed E-state index contributed by atoms with van der Waals surface area (Å²) in [6.07, 6.45) is 3.07. The predicted molar refractivity (Wildman–Crippen MR) is 208 cm³/mol. The number of hydrogen-bond donors (Lipinski definition) is 1. The molecule has 8 nitrogen and oxygen atoms in total. The van der Waals surface area contributed by atoms with E-state index < -0.39 is 57.0 Å². The molecule has 4 fully saturated rings. The minimum Gasteiger partial charge on any atom is -0.455 e. The van der Waals surface area contributed by atoms with Crippen LogP contribution in [0.25, 0.3) is 0 Å². The summed E-state index contributed by atoms with van der Waals surface area (Å²) in [4.78, 5) is 42.8. The average Bonchev–Trinajstić information content (AvgIpc) is 3.08. The van der Waals surface area contributed by atoms with Gasteiger partial charge >= 0.3 is 23.2 Å². The molecule has 4 aliphatic rings. The first kappa shape index (κ1) is 39.4. The maximum Gasteiger partial charge on any atom is 0.380 e. The van der Waals surface area contributed by atoms with Crippen LogP contribution in [-0.4, -0.2) is 96.3 Å². The lowest BCUT2D eigenvalue weighted by atomic mass is 9.46. The van der Waals surface area contributed by atoms with E-state index in [1.54, 1.807) is 0 Å². The average molecular weight is 718 g/mol. The number of rotatable bonds is 14. The minimum atomic E-state index is -4.21. The number of hydrogen-bond acceptors (Lipinski definition) is 7. The molecule has 0 saturated heterocycles. The number of carbonyl (C=O) groups is 3. The van der Waals surface area contributed by atoms with E-state index in [4.69, 9.17) is 14.2 Å². The van der Waals surface area contributed by atoms with Gasteiger partial charge in [-0.05, 0) is 54.9 Å². The van der Waals surface area contributed by atoms with Crippen molar-refractivity contribution in [2.75, 3.05) is 0 Å². The third-order valence-electron chi connectivity index (χ3n) is 11.6. The molecule has 6 rings (SSSR count). The maximum atomic E-state index is 14.6. The summed E-state index contributed by atoms with van der Waals surface area (Å²) in [6, 6.07) is 7.96. The molecule has 0 aromatic heterocycles. The Bertz CT molecular complexity index is 1750. The van der Waals surface area contributed by atoms with Crippen LogP contribution in [0, 0.1) is 11.3 Å². The van der Waals surface area contributed by atoms with Crippen molar-refractivity contribution in [1.82, 2.24) is 0 Å².